The van der Waals surface area contributed by atoms with E-state index < -0.39 is 16.1 Å². The van der Waals surface area contributed by atoms with Crippen molar-refractivity contribution < 1.29 is 17.9 Å². The van der Waals surface area contributed by atoms with Crippen LogP contribution in [0.2, 0.25) is 0 Å². The van der Waals surface area contributed by atoms with Crippen LogP contribution in [0.1, 0.15) is 18.1 Å². The van der Waals surface area contributed by atoms with Gasteiger partial charge in [-0.15, -0.1) is 0 Å². The minimum absolute atomic E-state index is 0.205. The lowest BCUT2D eigenvalue weighted by Gasteiger charge is -2.15. The first-order valence-corrected chi connectivity index (χ1v) is 9.73. The van der Waals surface area contributed by atoms with E-state index >= 15 is 0 Å². The summed E-state index contributed by atoms with van der Waals surface area (Å²) in [6.07, 6.45) is 0.470. The maximum absolute atomic E-state index is 12.2. The molecule has 2 aromatic rings. The lowest BCUT2D eigenvalue weighted by Crippen LogP contribution is -2.34. The highest BCUT2D eigenvalue weighted by molar-refractivity contribution is 7.92. The summed E-state index contributed by atoms with van der Waals surface area (Å²) in [6, 6.07) is 16.5. The van der Waals surface area contributed by atoms with Crippen LogP contribution >= 0.6 is 0 Å². The molecule has 25 heavy (non-hydrogen) atoms. The van der Waals surface area contributed by atoms with E-state index in [0.29, 0.717) is 17.9 Å². The Morgan fingerprint density at radius 2 is 1.72 bits per heavy atom. The fourth-order valence-electron chi connectivity index (χ4n) is 2.17. The first-order valence-electron chi connectivity index (χ1n) is 7.84. The van der Waals surface area contributed by atoms with Gasteiger partial charge in [0.2, 0.25) is 15.9 Å². The molecule has 0 saturated carbocycles. The normalized spacial score (nSPS) is 12.4. The number of para-hydroxylation sites is 1. The van der Waals surface area contributed by atoms with Gasteiger partial charge in [-0.05, 0) is 24.1 Å². The average Bonchev–Trinajstić information content (AvgIpc) is 2.58. The Kier molecular flexibility index (Phi) is 6.55. The van der Waals surface area contributed by atoms with Gasteiger partial charge in [-0.25, -0.2) is 8.42 Å². The second-order valence-electron chi connectivity index (χ2n) is 5.69. The van der Waals surface area contributed by atoms with Gasteiger partial charge in [0, 0.05) is 6.54 Å². The number of hydrogen-bond donors (Lipinski definition) is 2. The number of rotatable bonds is 8. The summed E-state index contributed by atoms with van der Waals surface area (Å²) < 4.78 is 30.8. The van der Waals surface area contributed by atoms with Gasteiger partial charge in [-0.2, -0.15) is 0 Å². The Hall–Kier alpha value is -2.38. The maximum Gasteiger partial charge on any atom is 0.249 e. The van der Waals surface area contributed by atoms with E-state index in [9.17, 15) is 13.2 Å². The maximum atomic E-state index is 12.2. The minimum atomic E-state index is -3.38. The van der Waals surface area contributed by atoms with Crippen LogP contribution in [0, 0.1) is 0 Å². The molecule has 7 heteroatoms. The number of carbonyl (C=O) groups excluding carboxylic acids is 1. The van der Waals surface area contributed by atoms with E-state index in [1.165, 1.54) is 0 Å². The van der Waals surface area contributed by atoms with E-state index in [2.05, 4.69) is 10.0 Å². The summed E-state index contributed by atoms with van der Waals surface area (Å²) in [7, 11) is -3.38. The highest BCUT2D eigenvalue weighted by Crippen LogP contribution is 2.16. The molecular formula is C18H22N2O4S. The molecular weight excluding hydrogens is 340 g/mol. The van der Waals surface area contributed by atoms with Gasteiger partial charge in [0.25, 0.3) is 0 Å². The Morgan fingerprint density at radius 1 is 1.08 bits per heavy atom. The van der Waals surface area contributed by atoms with Crippen molar-refractivity contribution >= 4 is 21.6 Å². The van der Waals surface area contributed by atoms with E-state index in [1.807, 2.05) is 30.3 Å². The van der Waals surface area contributed by atoms with Crippen molar-refractivity contribution in [2.45, 2.75) is 26.2 Å². The van der Waals surface area contributed by atoms with Gasteiger partial charge in [0.05, 0.1) is 18.6 Å². The summed E-state index contributed by atoms with van der Waals surface area (Å²) >= 11 is 0. The van der Waals surface area contributed by atoms with Crippen molar-refractivity contribution in [1.29, 1.82) is 0 Å². The van der Waals surface area contributed by atoms with Crippen molar-refractivity contribution in [3.63, 3.8) is 0 Å². The molecule has 0 spiro atoms. The molecule has 0 aliphatic carbocycles. The molecule has 0 fully saturated rings. The summed E-state index contributed by atoms with van der Waals surface area (Å²) in [5, 5.41) is 2.76. The van der Waals surface area contributed by atoms with Crippen LogP contribution in [0.3, 0.4) is 0 Å². The molecule has 0 radical (unpaired) electrons. The first kappa shape index (κ1) is 19.0. The van der Waals surface area contributed by atoms with Crippen molar-refractivity contribution in [1.82, 2.24) is 5.32 Å². The first-order chi connectivity index (χ1) is 11.8. The largest absolute Gasteiger partial charge is 0.364 e. The molecule has 2 aromatic carbocycles. The standard InChI is InChI=1S/C18H22N2O4S/c1-14(24-13-15-8-4-3-5-9-15)18(21)19-12-16-10-6-7-11-17(16)20-25(2,22)23/h3-11,14,20H,12-13H2,1-2H3,(H,19,21). The van der Waals surface area contributed by atoms with Crippen LogP contribution in [0.15, 0.2) is 54.6 Å². The fourth-order valence-corrected chi connectivity index (χ4v) is 2.77. The van der Waals surface area contributed by atoms with Gasteiger partial charge in [0.15, 0.2) is 0 Å². The predicted molar refractivity (Wildman–Crippen MR) is 97.4 cm³/mol. The van der Waals surface area contributed by atoms with Crippen LogP contribution in [-0.4, -0.2) is 26.7 Å². The topological polar surface area (TPSA) is 84.5 Å². The molecule has 0 bridgehead atoms. The third-order valence-electron chi connectivity index (χ3n) is 3.48. The summed E-state index contributed by atoms with van der Waals surface area (Å²) in [5.74, 6) is -0.259. The lowest BCUT2D eigenvalue weighted by atomic mass is 10.2. The predicted octanol–water partition coefficient (Wildman–Crippen LogP) is 2.28. The number of benzene rings is 2. The molecule has 134 valence electrons. The molecule has 0 heterocycles. The lowest BCUT2D eigenvalue weighted by molar-refractivity contribution is -0.132. The minimum Gasteiger partial charge on any atom is -0.364 e. The molecule has 1 unspecified atom stereocenters. The summed E-state index contributed by atoms with van der Waals surface area (Å²) in [6.45, 7) is 2.23. The zero-order valence-electron chi connectivity index (χ0n) is 14.2. The number of ether oxygens (including phenoxy) is 1. The quantitative estimate of drug-likeness (QED) is 0.754. The molecule has 2 N–H and O–H groups in total. The number of sulfonamides is 1. The Labute approximate surface area is 148 Å². The van der Waals surface area contributed by atoms with Crippen molar-refractivity contribution in [2.24, 2.45) is 0 Å². The molecule has 0 saturated heterocycles. The second-order valence-corrected chi connectivity index (χ2v) is 7.44. The number of carbonyl (C=O) groups is 1. The number of hydrogen-bond acceptors (Lipinski definition) is 4. The Morgan fingerprint density at radius 3 is 2.40 bits per heavy atom. The van der Waals surface area contributed by atoms with Crippen LogP contribution in [0.5, 0.6) is 0 Å². The smallest absolute Gasteiger partial charge is 0.249 e. The Balaban J connectivity index is 1.89. The SMILES string of the molecule is CC(OCc1ccccc1)C(=O)NCc1ccccc1NS(C)(=O)=O. The zero-order chi connectivity index (χ0) is 18.3. The molecule has 2 rings (SSSR count). The third-order valence-corrected chi connectivity index (χ3v) is 4.07. The number of nitrogens with one attached hydrogen (secondary N) is 2. The van der Waals surface area contributed by atoms with E-state index in [-0.39, 0.29) is 12.5 Å². The van der Waals surface area contributed by atoms with Crippen LogP contribution in [0.4, 0.5) is 5.69 Å². The number of anilines is 1. The Bertz CT molecular complexity index is 807. The molecule has 0 aliphatic heterocycles. The van der Waals surface area contributed by atoms with Crippen LogP contribution in [0.25, 0.3) is 0 Å². The summed E-state index contributed by atoms with van der Waals surface area (Å²) in [4.78, 5) is 12.2. The van der Waals surface area contributed by atoms with Crippen molar-refractivity contribution in [3.05, 3.63) is 65.7 Å². The molecule has 6 nitrogen and oxygen atoms in total. The van der Waals surface area contributed by atoms with Crippen LogP contribution in [-0.2, 0) is 32.7 Å². The van der Waals surface area contributed by atoms with Gasteiger partial charge in [-0.3, -0.25) is 9.52 Å². The van der Waals surface area contributed by atoms with E-state index in [1.54, 1.807) is 31.2 Å². The van der Waals surface area contributed by atoms with Crippen molar-refractivity contribution in [2.75, 3.05) is 11.0 Å². The van der Waals surface area contributed by atoms with Crippen molar-refractivity contribution in [3.8, 4) is 0 Å². The fraction of sp³-hybridized carbons (Fsp3) is 0.278. The van der Waals surface area contributed by atoms with Gasteiger partial charge >= 0.3 is 0 Å². The monoisotopic (exact) mass is 362 g/mol. The second kappa shape index (κ2) is 8.64. The van der Waals surface area contributed by atoms with Gasteiger partial charge < -0.3 is 10.1 Å². The highest BCUT2D eigenvalue weighted by Gasteiger charge is 2.14. The number of amides is 1. The molecule has 0 aliphatic rings. The molecule has 1 amide bonds. The highest BCUT2D eigenvalue weighted by atomic mass is 32.2. The average molecular weight is 362 g/mol. The summed E-state index contributed by atoms with van der Waals surface area (Å²) in [5.41, 5.74) is 2.12. The van der Waals surface area contributed by atoms with Gasteiger partial charge in [0.1, 0.15) is 6.10 Å². The molecule has 1 atom stereocenters. The third kappa shape index (κ3) is 6.56. The zero-order valence-corrected chi connectivity index (χ0v) is 15.0. The van der Waals surface area contributed by atoms with Crippen LogP contribution < -0.4 is 10.0 Å². The van der Waals surface area contributed by atoms with Gasteiger partial charge in [-0.1, -0.05) is 48.5 Å². The van der Waals surface area contributed by atoms with E-state index in [0.717, 1.165) is 11.8 Å². The van der Waals surface area contributed by atoms with E-state index in [4.69, 9.17) is 4.74 Å². The molecule has 0 aromatic heterocycles.